The minimum Gasteiger partial charge on any atom is -0.385 e. The zero-order valence-corrected chi connectivity index (χ0v) is 12.0. The molecule has 1 aromatic heterocycles. The summed E-state index contributed by atoms with van der Waals surface area (Å²) in [6.45, 7) is 6.39. The first-order valence-electron chi connectivity index (χ1n) is 7.24. The first-order valence-corrected chi connectivity index (χ1v) is 7.24. The Kier molecular flexibility index (Phi) is 6.34. The van der Waals surface area contributed by atoms with Crippen LogP contribution in [-0.2, 0) is 5.60 Å². The van der Waals surface area contributed by atoms with Crippen molar-refractivity contribution >= 4 is 0 Å². The van der Waals surface area contributed by atoms with E-state index in [2.05, 4.69) is 25.8 Å². The van der Waals surface area contributed by atoms with E-state index in [9.17, 15) is 5.11 Å². The van der Waals surface area contributed by atoms with Gasteiger partial charge in [0.25, 0.3) is 0 Å². The van der Waals surface area contributed by atoms with E-state index >= 15 is 0 Å². The highest BCUT2D eigenvalue weighted by molar-refractivity contribution is 5.18. The van der Waals surface area contributed by atoms with Gasteiger partial charge in [0.15, 0.2) is 0 Å². The first-order chi connectivity index (χ1) is 8.61. The van der Waals surface area contributed by atoms with E-state index in [1.54, 1.807) is 12.4 Å². The molecule has 2 heteroatoms. The van der Waals surface area contributed by atoms with Crippen LogP contribution in [0, 0.1) is 5.92 Å². The summed E-state index contributed by atoms with van der Waals surface area (Å²) in [7, 11) is 0. The average Bonchev–Trinajstić information content (AvgIpc) is 2.39. The standard InChI is InChI=1S/C16H27NO/c1-4-5-6-7-8-11-16(18,14(2)3)15-10-9-12-17-13-15/h9-10,12-14,18H,4-8,11H2,1-3H3. The molecule has 18 heavy (non-hydrogen) atoms. The van der Waals surface area contributed by atoms with Gasteiger partial charge in [0, 0.05) is 18.0 Å². The Bertz CT molecular complexity index is 323. The molecule has 0 bridgehead atoms. The second-order valence-electron chi connectivity index (χ2n) is 5.48. The van der Waals surface area contributed by atoms with E-state index < -0.39 is 5.60 Å². The molecule has 0 saturated carbocycles. The Hall–Kier alpha value is -0.890. The van der Waals surface area contributed by atoms with Crippen molar-refractivity contribution in [1.82, 2.24) is 4.98 Å². The highest BCUT2D eigenvalue weighted by atomic mass is 16.3. The summed E-state index contributed by atoms with van der Waals surface area (Å²) in [5.41, 5.74) is 0.232. The van der Waals surface area contributed by atoms with Crippen molar-refractivity contribution in [2.45, 2.75) is 64.9 Å². The lowest BCUT2D eigenvalue weighted by Crippen LogP contribution is -2.32. The molecule has 1 atom stereocenters. The average molecular weight is 249 g/mol. The third-order valence-electron chi connectivity index (χ3n) is 3.78. The SMILES string of the molecule is CCCCCCCC(O)(c1cccnc1)C(C)C. The fourth-order valence-corrected chi connectivity index (χ4v) is 2.38. The molecule has 1 aromatic rings. The minimum atomic E-state index is -0.722. The summed E-state index contributed by atoms with van der Waals surface area (Å²) < 4.78 is 0. The van der Waals surface area contributed by atoms with Crippen LogP contribution in [0.25, 0.3) is 0 Å². The van der Waals surface area contributed by atoms with Gasteiger partial charge in [-0.15, -0.1) is 0 Å². The summed E-state index contributed by atoms with van der Waals surface area (Å²) in [5, 5.41) is 10.9. The van der Waals surface area contributed by atoms with Crippen molar-refractivity contribution in [3.05, 3.63) is 30.1 Å². The normalized spacial score (nSPS) is 14.7. The molecule has 0 fully saturated rings. The number of unbranched alkanes of at least 4 members (excludes halogenated alkanes) is 4. The van der Waals surface area contributed by atoms with Gasteiger partial charge in [-0.25, -0.2) is 0 Å². The summed E-state index contributed by atoms with van der Waals surface area (Å²) in [6.07, 6.45) is 10.5. The summed E-state index contributed by atoms with van der Waals surface area (Å²) in [6, 6.07) is 3.89. The smallest absolute Gasteiger partial charge is 0.0934 e. The lowest BCUT2D eigenvalue weighted by atomic mass is 9.80. The second-order valence-corrected chi connectivity index (χ2v) is 5.48. The van der Waals surface area contributed by atoms with Crippen LogP contribution in [0.1, 0.15) is 64.9 Å². The van der Waals surface area contributed by atoms with Crippen molar-refractivity contribution in [2.75, 3.05) is 0 Å². The number of pyridine rings is 1. The number of rotatable bonds is 8. The van der Waals surface area contributed by atoms with Gasteiger partial charge in [-0.3, -0.25) is 4.98 Å². The molecule has 1 unspecified atom stereocenters. The maximum atomic E-state index is 10.9. The summed E-state index contributed by atoms with van der Waals surface area (Å²) in [5.74, 6) is 0.216. The lowest BCUT2D eigenvalue weighted by Gasteiger charge is -2.32. The minimum absolute atomic E-state index is 0.216. The van der Waals surface area contributed by atoms with Crippen LogP contribution in [0.5, 0.6) is 0 Å². The van der Waals surface area contributed by atoms with Gasteiger partial charge in [-0.1, -0.05) is 58.9 Å². The Morgan fingerprint density at radius 3 is 2.50 bits per heavy atom. The molecule has 0 amide bonds. The molecule has 2 nitrogen and oxygen atoms in total. The Balaban J connectivity index is 2.59. The van der Waals surface area contributed by atoms with E-state index in [1.807, 2.05) is 12.1 Å². The van der Waals surface area contributed by atoms with Gasteiger partial charge in [-0.2, -0.15) is 0 Å². The molecule has 1 heterocycles. The van der Waals surface area contributed by atoms with Crippen LogP contribution in [0.3, 0.4) is 0 Å². The van der Waals surface area contributed by atoms with Crippen LogP contribution in [-0.4, -0.2) is 10.1 Å². The maximum absolute atomic E-state index is 10.9. The van der Waals surface area contributed by atoms with Crippen LogP contribution in [0.4, 0.5) is 0 Å². The third-order valence-corrected chi connectivity index (χ3v) is 3.78. The molecule has 1 rings (SSSR count). The number of nitrogens with zero attached hydrogens (tertiary/aromatic N) is 1. The molecular weight excluding hydrogens is 222 g/mol. The van der Waals surface area contributed by atoms with Crippen LogP contribution < -0.4 is 0 Å². The fourth-order valence-electron chi connectivity index (χ4n) is 2.38. The van der Waals surface area contributed by atoms with Crippen LogP contribution in [0.15, 0.2) is 24.5 Å². The Labute approximate surface area is 111 Å². The van der Waals surface area contributed by atoms with E-state index in [0.717, 1.165) is 18.4 Å². The van der Waals surface area contributed by atoms with Gasteiger partial charge in [-0.05, 0) is 18.4 Å². The van der Waals surface area contributed by atoms with Crippen molar-refractivity contribution < 1.29 is 5.11 Å². The molecule has 0 spiro atoms. The quantitative estimate of drug-likeness (QED) is 0.697. The van der Waals surface area contributed by atoms with Gasteiger partial charge < -0.3 is 5.11 Å². The Morgan fingerprint density at radius 1 is 1.22 bits per heavy atom. The molecule has 0 saturated heterocycles. The molecule has 102 valence electrons. The predicted molar refractivity (Wildman–Crippen MR) is 76.3 cm³/mol. The summed E-state index contributed by atoms with van der Waals surface area (Å²) >= 11 is 0. The van der Waals surface area contributed by atoms with E-state index in [-0.39, 0.29) is 5.92 Å². The second kappa shape index (κ2) is 7.52. The molecule has 1 N–H and O–H groups in total. The van der Waals surface area contributed by atoms with E-state index in [4.69, 9.17) is 0 Å². The van der Waals surface area contributed by atoms with Crippen molar-refractivity contribution in [1.29, 1.82) is 0 Å². The van der Waals surface area contributed by atoms with Crippen LogP contribution in [0.2, 0.25) is 0 Å². The highest BCUT2D eigenvalue weighted by Crippen LogP contribution is 2.34. The molecule has 0 aliphatic carbocycles. The van der Waals surface area contributed by atoms with E-state index in [0.29, 0.717) is 0 Å². The summed E-state index contributed by atoms with van der Waals surface area (Å²) in [4.78, 5) is 4.13. The molecule has 0 aromatic carbocycles. The fraction of sp³-hybridized carbons (Fsp3) is 0.688. The topological polar surface area (TPSA) is 33.1 Å². The first kappa shape index (κ1) is 15.2. The van der Waals surface area contributed by atoms with Gasteiger partial charge >= 0.3 is 0 Å². The van der Waals surface area contributed by atoms with Gasteiger partial charge in [0.2, 0.25) is 0 Å². The largest absolute Gasteiger partial charge is 0.385 e. The number of aromatic nitrogens is 1. The van der Waals surface area contributed by atoms with Gasteiger partial charge in [0.05, 0.1) is 5.60 Å². The van der Waals surface area contributed by atoms with Crippen molar-refractivity contribution in [2.24, 2.45) is 5.92 Å². The maximum Gasteiger partial charge on any atom is 0.0934 e. The van der Waals surface area contributed by atoms with Gasteiger partial charge in [0.1, 0.15) is 0 Å². The molecule has 0 radical (unpaired) electrons. The van der Waals surface area contributed by atoms with Crippen molar-refractivity contribution in [3.63, 3.8) is 0 Å². The molecule has 0 aliphatic rings. The molecular formula is C16H27NO. The Morgan fingerprint density at radius 2 is 1.94 bits per heavy atom. The van der Waals surface area contributed by atoms with E-state index in [1.165, 1.54) is 25.7 Å². The zero-order valence-electron chi connectivity index (χ0n) is 12.0. The lowest BCUT2D eigenvalue weighted by molar-refractivity contribution is -0.0210. The van der Waals surface area contributed by atoms with Crippen LogP contribution >= 0.6 is 0 Å². The number of hydrogen-bond donors (Lipinski definition) is 1. The zero-order chi connectivity index (χ0) is 13.4. The van der Waals surface area contributed by atoms with Crippen molar-refractivity contribution in [3.8, 4) is 0 Å². The number of aliphatic hydroxyl groups is 1. The number of hydrogen-bond acceptors (Lipinski definition) is 2. The monoisotopic (exact) mass is 249 g/mol. The predicted octanol–water partition coefficient (Wildman–Crippen LogP) is 4.29. The third kappa shape index (κ3) is 4.09. The molecule has 0 aliphatic heterocycles. The highest BCUT2D eigenvalue weighted by Gasteiger charge is 2.32.